The third-order valence-electron chi connectivity index (χ3n) is 1.70. The quantitative estimate of drug-likeness (QED) is 0.435. The van der Waals surface area contributed by atoms with Crippen LogP contribution in [0.4, 0.5) is 0 Å². The molecule has 82 valence electrons. The van der Waals surface area contributed by atoms with Crippen molar-refractivity contribution in [3.05, 3.63) is 0 Å². The molecule has 0 aromatic rings. The van der Waals surface area contributed by atoms with Crippen molar-refractivity contribution in [2.24, 2.45) is 17.4 Å². The number of hydrogen-bond donors (Lipinski definition) is 3. The van der Waals surface area contributed by atoms with Gasteiger partial charge in [-0.3, -0.25) is 9.59 Å². The standard InChI is InChI=1S/C8H16N2O4/c9-2-4-14-3-1-6(8(10)13)5-7(11)12/h6H,1-5,9H2,(H2,10,13)(H,11,12). The Kier molecular flexibility index (Phi) is 6.69. The van der Waals surface area contributed by atoms with Gasteiger partial charge in [0.2, 0.25) is 5.91 Å². The van der Waals surface area contributed by atoms with E-state index in [1.54, 1.807) is 0 Å². The lowest BCUT2D eigenvalue weighted by atomic mass is 10.0. The van der Waals surface area contributed by atoms with Crippen molar-refractivity contribution in [2.45, 2.75) is 12.8 Å². The SMILES string of the molecule is NCCOCCC(CC(=O)O)C(N)=O. The summed E-state index contributed by atoms with van der Waals surface area (Å²) < 4.78 is 5.02. The van der Waals surface area contributed by atoms with Crippen molar-refractivity contribution < 1.29 is 19.4 Å². The summed E-state index contributed by atoms with van der Waals surface area (Å²) in [5.74, 6) is -2.30. The van der Waals surface area contributed by atoms with Crippen LogP contribution < -0.4 is 11.5 Å². The van der Waals surface area contributed by atoms with E-state index < -0.39 is 17.8 Å². The number of aliphatic carboxylic acids is 1. The van der Waals surface area contributed by atoms with Crippen molar-refractivity contribution in [3.8, 4) is 0 Å². The molecule has 0 aliphatic carbocycles. The first-order valence-corrected chi connectivity index (χ1v) is 4.36. The molecule has 6 heteroatoms. The third-order valence-corrected chi connectivity index (χ3v) is 1.70. The van der Waals surface area contributed by atoms with Gasteiger partial charge in [-0.25, -0.2) is 0 Å². The summed E-state index contributed by atoms with van der Waals surface area (Å²) in [6.07, 6.45) is 0.0724. The predicted molar refractivity (Wildman–Crippen MR) is 49.4 cm³/mol. The molecule has 0 saturated carbocycles. The molecule has 0 bridgehead atoms. The third kappa shape index (κ3) is 6.38. The second-order valence-corrected chi connectivity index (χ2v) is 2.89. The molecule has 0 aliphatic rings. The fourth-order valence-corrected chi connectivity index (χ4v) is 0.967. The van der Waals surface area contributed by atoms with Gasteiger partial charge >= 0.3 is 5.97 Å². The zero-order valence-corrected chi connectivity index (χ0v) is 7.94. The average molecular weight is 204 g/mol. The predicted octanol–water partition coefficient (Wildman–Crippen LogP) is -1.07. The Morgan fingerprint density at radius 1 is 1.36 bits per heavy atom. The van der Waals surface area contributed by atoms with Crippen molar-refractivity contribution >= 4 is 11.9 Å². The van der Waals surface area contributed by atoms with Crippen LogP contribution >= 0.6 is 0 Å². The molecular weight excluding hydrogens is 188 g/mol. The largest absolute Gasteiger partial charge is 0.481 e. The van der Waals surface area contributed by atoms with Gasteiger partial charge < -0.3 is 21.3 Å². The van der Waals surface area contributed by atoms with Crippen molar-refractivity contribution in [2.75, 3.05) is 19.8 Å². The van der Waals surface area contributed by atoms with Crippen LogP contribution in [-0.2, 0) is 14.3 Å². The molecule has 0 saturated heterocycles. The molecule has 0 spiro atoms. The van der Waals surface area contributed by atoms with E-state index in [2.05, 4.69) is 0 Å². The maximum absolute atomic E-state index is 10.8. The number of amides is 1. The van der Waals surface area contributed by atoms with Gasteiger partial charge in [-0.1, -0.05) is 0 Å². The van der Waals surface area contributed by atoms with E-state index in [1.807, 2.05) is 0 Å². The van der Waals surface area contributed by atoms with Crippen LogP contribution in [0.25, 0.3) is 0 Å². The number of primary amides is 1. The van der Waals surface area contributed by atoms with Crippen molar-refractivity contribution in [1.82, 2.24) is 0 Å². The summed E-state index contributed by atoms with van der Waals surface area (Å²) in [7, 11) is 0. The zero-order valence-electron chi connectivity index (χ0n) is 7.94. The second kappa shape index (κ2) is 7.28. The summed E-state index contributed by atoms with van der Waals surface area (Å²) >= 11 is 0. The van der Waals surface area contributed by atoms with E-state index in [-0.39, 0.29) is 6.42 Å². The number of carbonyl (C=O) groups excluding carboxylic acids is 1. The van der Waals surface area contributed by atoms with Gasteiger partial charge in [-0.05, 0) is 6.42 Å². The maximum atomic E-state index is 10.8. The van der Waals surface area contributed by atoms with Crippen LogP contribution in [0.1, 0.15) is 12.8 Å². The van der Waals surface area contributed by atoms with Gasteiger partial charge in [0.15, 0.2) is 0 Å². The first-order valence-electron chi connectivity index (χ1n) is 4.36. The van der Waals surface area contributed by atoms with Crippen LogP contribution in [-0.4, -0.2) is 36.7 Å². The van der Waals surface area contributed by atoms with Gasteiger partial charge in [-0.15, -0.1) is 0 Å². The molecule has 0 heterocycles. The minimum Gasteiger partial charge on any atom is -0.481 e. The lowest BCUT2D eigenvalue weighted by Gasteiger charge is -2.10. The smallest absolute Gasteiger partial charge is 0.304 e. The van der Waals surface area contributed by atoms with E-state index in [0.717, 1.165) is 0 Å². The van der Waals surface area contributed by atoms with Crippen LogP contribution in [0.2, 0.25) is 0 Å². The molecule has 0 aromatic carbocycles. The normalized spacial score (nSPS) is 12.4. The first kappa shape index (κ1) is 12.9. The number of hydrogen-bond acceptors (Lipinski definition) is 4. The highest BCUT2D eigenvalue weighted by molar-refractivity contribution is 5.81. The van der Waals surface area contributed by atoms with Crippen LogP contribution in [0.15, 0.2) is 0 Å². The lowest BCUT2D eigenvalue weighted by molar-refractivity contribution is -0.140. The molecule has 1 unspecified atom stereocenters. The van der Waals surface area contributed by atoms with Crippen LogP contribution in [0.5, 0.6) is 0 Å². The molecule has 14 heavy (non-hydrogen) atoms. The van der Waals surface area contributed by atoms with Gasteiger partial charge in [0.25, 0.3) is 0 Å². The molecule has 0 fully saturated rings. The Morgan fingerprint density at radius 3 is 2.43 bits per heavy atom. The number of rotatable bonds is 8. The van der Waals surface area contributed by atoms with Crippen molar-refractivity contribution in [1.29, 1.82) is 0 Å². The zero-order chi connectivity index (χ0) is 11.0. The van der Waals surface area contributed by atoms with Crippen LogP contribution in [0.3, 0.4) is 0 Å². The number of nitrogens with two attached hydrogens (primary N) is 2. The lowest BCUT2D eigenvalue weighted by Crippen LogP contribution is -2.27. The van der Waals surface area contributed by atoms with Gasteiger partial charge in [0, 0.05) is 13.2 Å². The first-order chi connectivity index (χ1) is 6.57. The Hall–Kier alpha value is -1.14. The van der Waals surface area contributed by atoms with Gasteiger partial charge in [0.05, 0.1) is 18.9 Å². The topological polar surface area (TPSA) is 116 Å². The average Bonchev–Trinajstić information content (AvgIpc) is 2.09. The molecule has 0 rings (SSSR count). The minimum absolute atomic E-state index is 0.249. The number of carboxylic acids is 1. The molecule has 0 radical (unpaired) electrons. The number of ether oxygens (including phenoxy) is 1. The molecule has 1 amide bonds. The fraction of sp³-hybridized carbons (Fsp3) is 0.750. The summed E-state index contributed by atoms with van der Waals surface area (Å²) in [5.41, 5.74) is 10.2. The molecule has 6 nitrogen and oxygen atoms in total. The fourth-order valence-electron chi connectivity index (χ4n) is 0.967. The highest BCUT2D eigenvalue weighted by atomic mass is 16.5. The summed E-state index contributed by atoms with van der Waals surface area (Å²) in [5, 5.41) is 8.47. The van der Waals surface area contributed by atoms with Gasteiger partial charge in [0.1, 0.15) is 0 Å². The summed E-state index contributed by atoms with van der Waals surface area (Å²) in [6, 6.07) is 0. The molecule has 0 aromatic heterocycles. The van der Waals surface area contributed by atoms with E-state index >= 15 is 0 Å². The van der Waals surface area contributed by atoms with Crippen molar-refractivity contribution in [3.63, 3.8) is 0 Å². The highest BCUT2D eigenvalue weighted by Crippen LogP contribution is 2.07. The Balaban J connectivity index is 3.74. The minimum atomic E-state index is -1.03. The van der Waals surface area contributed by atoms with Crippen LogP contribution in [0, 0.1) is 5.92 Å². The molecule has 5 N–H and O–H groups in total. The van der Waals surface area contributed by atoms with E-state index in [4.69, 9.17) is 21.3 Å². The summed E-state index contributed by atoms with van der Waals surface area (Å²) in [6.45, 7) is 1.11. The molecular formula is C8H16N2O4. The second-order valence-electron chi connectivity index (χ2n) is 2.89. The Morgan fingerprint density at radius 2 is 2.00 bits per heavy atom. The maximum Gasteiger partial charge on any atom is 0.304 e. The van der Waals surface area contributed by atoms with E-state index in [0.29, 0.717) is 26.2 Å². The molecule has 0 aliphatic heterocycles. The monoisotopic (exact) mass is 204 g/mol. The number of carboxylic acid groups (broad SMARTS) is 1. The Bertz CT molecular complexity index is 196. The summed E-state index contributed by atoms with van der Waals surface area (Å²) in [4.78, 5) is 21.1. The number of carbonyl (C=O) groups is 2. The van der Waals surface area contributed by atoms with E-state index in [9.17, 15) is 9.59 Å². The molecule has 1 atom stereocenters. The van der Waals surface area contributed by atoms with Gasteiger partial charge in [-0.2, -0.15) is 0 Å². The Labute approximate surface area is 82.2 Å². The highest BCUT2D eigenvalue weighted by Gasteiger charge is 2.18. The van der Waals surface area contributed by atoms with E-state index in [1.165, 1.54) is 0 Å².